The summed E-state index contributed by atoms with van der Waals surface area (Å²) < 4.78 is 0. The summed E-state index contributed by atoms with van der Waals surface area (Å²) in [5.41, 5.74) is 1.20. The molecule has 0 spiro atoms. The first-order valence-electron chi connectivity index (χ1n) is 6.27. The van der Waals surface area contributed by atoms with Gasteiger partial charge in [-0.15, -0.1) is 11.3 Å². The summed E-state index contributed by atoms with van der Waals surface area (Å²) in [6, 6.07) is 6.01. The van der Waals surface area contributed by atoms with Crippen molar-refractivity contribution in [1.82, 2.24) is 0 Å². The topological polar surface area (TPSA) is 72.2 Å². The number of halogens is 1. The van der Waals surface area contributed by atoms with E-state index in [9.17, 15) is 14.9 Å². The van der Waals surface area contributed by atoms with Gasteiger partial charge in [-0.2, -0.15) is 0 Å². The van der Waals surface area contributed by atoms with Crippen molar-refractivity contribution in [2.45, 2.75) is 20.3 Å². The first kappa shape index (κ1) is 15.5. The molecule has 1 heterocycles. The Morgan fingerprint density at radius 1 is 1.43 bits per heavy atom. The van der Waals surface area contributed by atoms with Crippen LogP contribution in [0, 0.1) is 17.0 Å². The number of carbonyl (C=O) groups is 1. The van der Waals surface area contributed by atoms with Crippen molar-refractivity contribution in [2.24, 2.45) is 0 Å². The van der Waals surface area contributed by atoms with E-state index in [0.717, 1.165) is 16.9 Å². The highest BCUT2D eigenvalue weighted by Gasteiger charge is 2.16. The summed E-state index contributed by atoms with van der Waals surface area (Å²) in [5, 5.41) is 13.5. The highest BCUT2D eigenvalue weighted by atomic mass is 35.5. The Morgan fingerprint density at radius 2 is 2.14 bits per heavy atom. The summed E-state index contributed by atoms with van der Waals surface area (Å²) >= 11 is 7.16. The minimum Gasteiger partial charge on any atom is -0.321 e. The highest BCUT2D eigenvalue weighted by Crippen LogP contribution is 2.28. The Kier molecular flexibility index (Phi) is 4.59. The maximum Gasteiger partial charge on any atom is 0.289 e. The Bertz CT molecular complexity index is 712. The van der Waals surface area contributed by atoms with E-state index in [1.807, 2.05) is 19.9 Å². The number of nitrogens with zero attached hydrogens (tertiary/aromatic N) is 1. The molecule has 0 saturated heterocycles. The second kappa shape index (κ2) is 6.24. The maximum absolute atomic E-state index is 12.2. The van der Waals surface area contributed by atoms with Crippen molar-refractivity contribution >= 4 is 40.2 Å². The van der Waals surface area contributed by atoms with Crippen LogP contribution in [-0.2, 0) is 6.42 Å². The van der Waals surface area contributed by atoms with Crippen LogP contribution in [0.25, 0.3) is 0 Å². The Labute approximate surface area is 130 Å². The van der Waals surface area contributed by atoms with Crippen LogP contribution in [0.1, 0.15) is 27.0 Å². The predicted molar refractivity (Wildman–Crippen MR) is 84.5 cm³/mol. The fourth-order valence-electron chi connectivity index (χ4n) is 1.91. The summed E-state index contributed by atoms with van der Waals surface area (Å²) in [4.78, 5) is 24.1. The molecule has 0 bridgehead atoms. The number of thiophene rings is 1. The number of amides is 1. The molecule has 2 aromatic rings. The zero-order valence-corrected chi connectivity index (χ0v) is 13.0. The molecule has 21 heavy (non-hydrogen) atoms. The fraction of sp³-hybridized carbons (Fsp3) is 0.214. The predicted octanol–water partition coefficient (Wildman–Crippen LogP) is 4.43. The van der Waals surface area contributed by atoms with Crippen LogP contribution in [0.3, 0.4) is 0 Å². The lowest BCUT2D eigenvalue weighted by atomic mass is 10.2. The van der Waals surface area contributed by atoms with Gasteiger partial charge in [-0.05, 0) is 37.1 Å². The molecule has 0 fully saturated rings. The Morgan fingerprint density at radius 3 is 2.71 bits per heavy atom. The quantitative estimate of drug-likeness (QED) is 0.667. The third-order valence-corrected chi connectivity index (χ3v) is 4.67. The maximum atomic E-state index is 12.2. The van der Waals surface area contributed by atoms with E-state index in [4.69, 9.17) is 11.6 Å². The van der Waals surface area contributed by atoms with Gasteiger partial charge < -0.3 is 5.32 Å². The van der Waals surface area contributed by atoms with E-state index in [-0.39, 0.29) is 16.6 Å². The molecule has 0 saturated carbocycles. The Balaban J connectivity index is 2.23. The van der Waals surface area contributed by atoms with Crippen molar-refractivity contribution in [3.05, 3.63) is 54.7 Å². The van der Waals surface area contributed by atoms with E-state index in [0.29, 0.717) is 10.6 Å². The van der Waals surface area contributed by atoms with E-state index >= 15 is 0 Å². The molecule has 7 heteroatoms. The number of anilines is 1. The van der Waals surface area contributed by atoms with Crippen LogP contribution in [0.15, 0.2) is 24.3 Å². The normalized spacial score (nSPS) is 10.4. The van der Waals surface area contributed by atoms with Crippen LogP contribution in [0.2, 0.25) is 5.02 Å². The molecule has 0 aliphatic rings. The van der Waals surface area contributed by atoms with Crippen molar-refractivity contribution in [3.63, 3.8) is 0 Å². The lowest BCUT2D eigenvalue weighted by molar-refractivity contribution is -0.384. The van der Waals surface area contributed by atoms with Gasteiger partial charge >= 0.3 is 0 Å². The molecule has 0 unspecified atom stereocenters. The van der Waals surface area contributed by atoms with Crippen LogP contribution < -0.4 is 5.32 Å². The summed E-state index contributed by atoms with van der Waals surface area (Å²) in [6.45, 7) is 3.99. The van der Waals surface area contributed by atoms with Gasteiger partial charge in [0.2, 0.25) is 0 Å². The van der Waals surface area contributed by atoms with Gasteiger partial charge in [0.15, 0.2) is 0 Å². The lowest BCUT2D eigenvalue weighted by Gasteiger charge is -2.04. The molecule has 0 radical (unpaired) electrons. The number of benzene rings is 1. The number of nitrogens with one attached hydrogen (secondary N) is 1. The van der Waals surface area contributed by atoms with E-state index in [1.54, 1.807) is 0 Å². The molecule has 1 amide bonds. The minimum absolute atomic E-state index is 0.0400. The minimum atomic E-state index is -0.581. The fourth-order valence-corrected chi connectivity index (χ4v) is 3.10. The van der Waals surface area contributed by atoms with Crippen LogP contribution in [-0.4, -0.2) is 10.8 Å². The zero-order valence-electron chi connectivity index (χ0n) is 11.5. The average molecular weight is 325 g/mol. The molecule has 2 rings (SSSR count). The van der Waals surface area contributed by atoms with Gasteiger partial charge in [0, 0.05) is 16.6 Å². The SMILES string of the molecule is CCc1sc(C(=O)Nc2ccc(Cl)c([N+](=O)[O-])c2)cc1C. The second-order valence-corrected chi connectivity index (χ2v) is 5.99. The van der Waals surface area contributed by atoms with Gasteiger partial charge in [-0.25, -0.2) is 0 Å². The van der Waals surface area contributed by atoms with E-state index < -0.39 is 4.92 Å². The first-order valence-corrected chi connectivity index (χ1v) is 7.46. The van der Waals surface area contributed by atoms with E-state index in [1.165, 1.54) is 29.5 Å². The standard InChI is InChI=1S/C14H13ClN2O3S/c1-3-12-8(2)6-13(21-12)14(18)16-9-4-5-10(15)11(7-9)17(19)20/h4-7H,3H2,1-2H3,(H,16,18). The molecule has 1 aromatic heterocycles. The highest BCUT2D eigenvalue weighted by molar-refractivity contribution is 7.14. The third kappa shape index (κ3) is 3.40. The molecular weight excluding hydrogens is 312 g/mol. The number of aryl methyl sites for hydroxylation is 2. The molecule has 110 valence electrons. The monoisotopic (exact) mass is 324 g/mol. The first-order chi connectivity index (χ1) is 9.92. The van der Waals surface area contributed by atoms with Crippen molar-refractivity contribution in [2.75, 3.05) is 5.32 Å². The van der Waals surface area contributed by atoms with Crippen molar-refractivity contribution in [1.29, 1.82) is 0 Å². The van der Waals surface area contributed by atoms with Crippen LogP contribution >= 0.6 is 22.9 Å². The van der Waals surface area contributed by atoms with Gasteiger partial charge in [0.1, 0.15) is 5.02 Å². The lowest BCUT2D eigenvalue weighted by Crippen LogP contribution is -2.10. The average Bonchev–Trinajstić information content (AvgIpc) is 2.82. The number of hydrogen-bond donors (Lipinski definition) is 1. The molecular formula is C14H13ClN2O3S. The summed E-state index contributed by atoms with van der Waals surface area (Å²) in [5.74, 6) is -0.278. The molecule has 1 aromatic carbocycles. The third-order valence-electron chi connectivity index (χ3n) is 2.97. The molecule has 0 aliphatic carbocycles. The largest absolute Gasteiger partial charge is 0.321 e. The van der Waals surface area contributed by atoms with Crippen LogP contribution in [0.5, 0.6) is 0 Å². The number of hydrogen-bond acceptors (Lipinski definition) is 4. The molecule has 1 N–H and O–H groups in total. The van der Waals surface area contributed by atoms with Gasteiger partial charge in [0.25, 0.3) is 11.6 Å². The van der Waals surface area contributed by atoms with Crippen molar-refractivity contribution in [3.8, 4) is 0 Å². The van der Waals surface area contributed by atoms with Crippen molar-refractivity contribution < 1.29 is 9.72 Å². The van der Waals surface area contributed by atoms with Gasteiger partial charge in [-0.3, -0.25) is 14.9 Å². The zero-order chi connectivity index (χ0) is 15.6. The number of nitro benzene ring substituents is 1. The summed E-state index contributed by atoms with van der Waals surface area (Å²) in [6.07, 6.45) is 0.871. The second-order valence-electron chi connectivity index (χ2n) is 4.45. The molecule has 0 atom stereocenters. The molecule has 5 nitrogen and oxygen atoms in total. The van der Waals surface area contributed by atoms with E-state index in [2.05, 4.69) is 5.32 Å². The Hall–Kier alpha value is -1.92. The number of rotatable bonds is 4. The smallest absolute Gasteiger partial charge is 0.289 e. The van der Waals surface area contributed by atoms with Gasteiger partial charge in [-0.1, -0.05) is 18.5 Å². The summed E-state index contributed by atoms with van der Waals surface area (Å²) in [7, 11) is 0. The van der Waals surface area contributed by atoms with Gasteiger partial charge in [0.05, 0.1) is 9.80 Å². The molecule has 0 aliphatic heterocycles. The number of carbonyl (C=O) groups excluding carboxylic acids is 1. The number of nitro groups is 1. The van der Waals surface area contributed by atoms with Crippen LogP contribution in [0.4, 0.5) is 11.4 Å².